The molecule has 0 aliphatic rings. The number of non-ortho nitro benzene ring substituents is 1. The minimum absolute atomic E-state index is 0.0187. The van der Waals surface area contributed by atoms with Crippen molar-refractivity contribution >= 4 is 28.6 Å². The van der Waals surface area contributed by atoms with E-state index in [0.717, 1.165) is 5.01 Å². The monoisotopic (exact) mass is 334 g/mol. The quantitative estimate of drug-likeness (QED) is 0.623. The lowest BCUT2D eigenvalue weighted by Gasteiger charge is -2.11. The second-order valence-corrected chi connectivity index (χ2v) is 6.37. The highest BCUT2D eigenvalue weighted by Gasteiger charge is 2.16. The first-order chi connectivity index (χ1) is 10.9. The molecule has 0 saturated carbocycles. The number of nitrogens with one attached hydrogen (secondary N) is 1. The van der Waals surface area contributed by atoms with E-state index in [4.69, 9.17) is 5.73 Å². The highest BCUT2D eigenvalue weighted by molar-refractivity contribution is 7.09. The topological polar surface area (TPSA) is 111 Å². The molecule has 23 heavy (non-hydrogen) atoms. The van der Waals surface area contributed by atoms with E-state index < -0.39 is 4.92 Å². The van der Waals surface area contributed by atoms with Crippen molar-refractivity contribution in [2.45, 2.75) is 26.3 Å². The van der Waals surface area contributed by atoms with E-state index in [1.54, 1.807) is 0 Å². The van der Waals surface area contributed by atoms with E-state index >= 15 is 0 Å². The smallest absolute Gasteiger partial charge is 0.269 e. The molecule has 2 rings (SSSR count). The molecule has 0 radical (unpaired) electrons. The molecule has 1 heterocycles. The minimum atomic E-state index is -0.486. The number of nitrogens with two attached hydrogens (primary N) is 1. The maximum atomic E-state index is 12.0. The predicted octanol–water partition coefficient (Wildman–Crippen LogP) is 2.89. The number of nitro benzene ring substituents is 1. The highest BCUT2D eigenvalue weighted by atomic mass is 32.1. The molecule has 8 heteroatoms. The number of amides is 1. The van der Waals surface area contributed by atoms with Crippen LogP contribution in [0.15, 0.2) is 29.6 Å². The van der Waals surface area contributed by atoms with Crippen LogP contribution in [0.2, 0.25) is 0 Å². The maximum Gasteiger partial charge on any atom is 0.269 e. The number of nitro groups is 1. The summed E-state index contributed by atoms with van der Waals surface area (Å²) in [5.41, 5.74) is 7.19. The Bertz CT molecular complexity index is 697. The van der Waals surface area contributed by atoms with Gasteiger partial charge in [-0.25, -0.2) is 4.98 Å². The summed E-state index contributed by atoms with van der Waals surface area (Å²) in [5, 5.41) is 15.9. The van der Waals surface area contributed by atoms with Crippen molar-refractivity contribution in [3.05, 3.63) is 50.5 Å². The van der Waals surface area contributed by atoms with Gasteiger partial charge in [-0.05, 0) is 18.1 Å². The fourth-order valence-corrected chi connectivity index (χ4v) is 2.87. The molecule has 1 amide bonds. The second-order valence-electron chi connectivity index (χ2n) is 5.48. The lowest BCUT2D eigenvalue weighted by molar-refractivity contribution is -0.384. The highest BCUT2D eigenvalue weighted by Crippen LogP contribution is 2.23. The third kappa shape index (κ3) is 4.57. The molecule has 0 aliphatic carbocycles. The second kappa shape index (κ2) is 7.30. The molecule has 2 aromatic rings. The zero-order valence-corrected chi connectivity index (χ0v) is 13.7. The summed E-state index contributed by atoms with van der Waals surface area (Å²) in [6, 6.07) is 5.55. The van der Waals surface area contributed by atoms with Gasteiger partial charge in [-0.1, -0.05) is 13.8 Å². The van der Waals surface area contributed by atoms with Gasteiger partial charge in [-0.2, -0.15) is 0 Å². The van der Waals surface area contributed by atoms with Crippen molar-refractivity contribution < 1.29 is 9.72 Å². The Morgan fingerprint density at radius 2 is 2.04 bits per heavy atom. The molecule has 0 spiro atoms. The normalized spacial score (nSPS) is 12.2. The number of rotatable bonds is 6. The Balaban J connectivity index is 1.95. The lowest BCUT2D eigenvalue weighted by atomic mass is 10.1. The van der Waals surface area contributed by atoms with E-state index in [1.165, 1.54) is 35.6 Å². The van der Waals surface area contributed by atoms with Gasteiger partial charge in [0, 0.05) is 23.2 Å². The van der Waals surface area contributed by atoms with Crippen molar-refractivity contribution in [3.63, 3.8) is 0 Å². The average Bonchev–Trinajstić information content (AvgIpc) is 2.95. The van der Waals surface area contributed by atoms with Gasteiger partial charge in [-0.15, -0.1) is 11.3 Å². The number of carbonyl (C=O) groups is 1. The van der Waals surface area contributed by atoms with Gasteiger partial charge in [0.05, 0.1) is 23.1 Å². The van der Waals surface area contributed by atoms with E-state index in [2.05, 4.69) is 10.3 Å². The third-order valence-corrected chi connectivity index (χ3v) is 4.27. The fraction of sp³-hybridized carbons (Fsp3) is 0.333. The number of thiazole rings is 1. The summed E-state index contributed by atoms with van der Waals surface area (Å²) in [7, 11) is 0. The Labute approximate surface area is 137 Å². The number of hydrogen-bond acceptors (Lipinski definition) is 6. The molecular weight excluding hydrogens is 316 g/mol. The van der Waals surface area contributed by atoms with Crippen LogP contribution in [0, 0.1) is 16.0 Å². The molecule has 122 valence electrons. The first-order valence-corrected chi connectivity index (χ1v) is 7.99. The molecule has 1 aromatic heterocycles. The van der Waals surface area contributed by atoms with Crippen molar-refractivity contribution in [2.24, 2.45) is 11.7 Å². The molecule has 0 fully saturated rings. The summed E-state index contributed by atoms with van der Waals surface area (Å²) >= 11 is 1.45. The Hall–Kier alpha value is -2.32. The van der Waals surface area contributed by atoms with E-state index in [0.29, 0.717) is 11.4 Å². The first kappa shape index (κ1) is 17.0. The summed E-state index contributed by atoms with van der Waals surface area (Å²) in [4.78, 5) is 26.5. The molecule has 3 N–H and O–H groups in total. The lowest BCUT2D eigenvalue weighted by Crippen LogP contribution is -2.17. The zero-order valence-electron chi connectivity index (χ0n) is 12.9. The Morgan fingerprint density at radius 1 is 1.39 bits per heavy atom. The van der Waals surface area contributed by atoms with Gasteiger partial charge >= 0.3 is 0 Å². The van der Waals surface area contributed by atoms with E-state index in [-0.39, 0.29) is 30.0 Å². The number of aromatic nitrogens is 1. The molecular formula is C15H18N4O3S. The molecule has 1 unspecified atom stereocenters. The molecule has 0 bridgehead atoms. The summed E-state index contributed by atoms with van der Waals surface area (Å²) in [6.07, 6.45) is 0.137. The number of benzene rings is 1. The van der Waals surface area contributed by atoms with Gasteiger partial charge in [-0.3, -0.25) is 14.9 Å². The van der Waals surface area contributed by atoms with Crippen molar-refractivity contribution in [1.29, 1.82) is 0 Å². The van der Waals surface area contributed by atoms with E-state index in [1.807, 2.05) is 19.2 Å². The fourth-order valence-electron chi connectivity index (χ4n) is 1.88. The summed E-state index contributed by atoms with van der Waals surface area (Å²) in [6.45, 7) is 4.04. The van der Waals surface area contributed by atoms with Crippen LogP contribution in [-0.2, 0) is 11.2 Å². The first-order valence-electron chi connectivity index (χ1n) is 7.11. The number of carbonyl (C=O) groups excluding carboxylic acids is 1. The van der Waals surface area contributed by atoms with Crippen LogP contribution in [0.5, 0.6) is 0 Å². The largest absolute Gasteiger partial charge is 0.326 e. The Kier molecular flexibility index (Phi) is 5.41. The van der Waals surface area contributed by atoms with Gasteiger partial charge < -0.3 is 11.1 Å². The van der Waals surface area contributed by atoms with Crippen LogP contribution < -0.4 is 11.1 Å². The SMILES string of the molecule is CC(C)C(N)c1nc(CC(=O)Nc2ccc([N+](=O)[O-])cc2)cs1. The standard InChI is InChI=1S/C15H18N4O3S/c1-9(2)14(16)15-18-11(8-23-15)7-13(20)17-10-3-5-12(6-4-10)19(21)22/h3-6,8-9,14H,7,16H2,1-2H3,(H,17,20). The Morgan fingerprint density at radius 3 is 2.61 bits per heavy atom. The summed E-state index contributed by atoms with van der Waals surface area (Å²) < 4.78 is 0. The molecule has 7 nitrogen and oxygen atoms in total. The summed E-state index contributed by atoms with van der Waals surface area (Å²) in [5.74, 6) is 0.0526. The van der Waals surface area contributed by atoms with Gasteiger partial charge in [0.1, 0.15) is 5.01 Å². The number of anilines is 1. The van der Waals surface area contributed by atoms with Gasteiger partial charge in [0.25, 0.3) is 5.69 Å². The number of hydrogen-bond donors (Lipinski definition) is 2. The van der Waals surface area contributed by atoms with E-state index in [9.17, 15) is 14.9 Å². The van der Waals surface area contributed by atoms with Crippen LogP contribution in [0.1, 0.15) is 30.6 Å². The van der Waals surface area contributed by atoms with Crippen molar-refractivity contribution in [2.75, 3.05) is 5.32 Å². The van der Waals surface area contributed by atoms with Gasteiger partial charge in [0.15, 0.2) is 0 Å². The molecule has 0 aliphatic heterocycles. The zero-order chi connectivity index (χ0) is 17.0. The number of nitrogens with zero attached hydrogens (tertiary/aromatic N) is 2. The average molecular weight is 334 g/mol. The van der Waals surface area contributed by atoms with Crippen LogP contribution in [-0.4, -0.2) is 15.8 Å². The molecule has 1 aromatic carbocycles. The van der Waals surface area contributed by atoms with Crippen molar-refractivity contribution in [1.82, 2.24) is 4.98 Å². The molecule has 0 saturated heterocycles. The van der Waals surface area contributed by atoms with Gasteiger partial charge in [0.2, 0.25) is 5.91 Å². The van der Waals surface area contributed by atoms with Crippen LogP contribution in [0.25, 0.3) is 0 Å². The third-order valence-electron chi connectivity index (χ3n) is 3.28. The van der Waals surface area contributed by atoms with Crippen LogP contribution >= 0.6 is 11.3 Å². The van der Waals surface area contributed by atoms with Crippen LogP contribution in [0.4, 0.5) is 11.4 Å². The van der Waals surface area contributed by atoms with Crippen LogP contribution in [0.3, 0.4) is 0 Å². The minimum Gasteiger partial charge on any atom is -0.326 e. The maximum absolute atomic E-state index is 12.0. The van der Waals surface area contributed by atoms with Crippen molar-refractivity contribution in [3.8, 4) is 0 Å². The molecule has 1 atom stereocenters. The predicted molar refractivity (Wildman–Crippen MR) is 89.3 cm³/mol.